The van der Waals surface area contributed by atoms with Crippen molar-refractivity contribution in [1.29, 1.82) is 0 Å². The average Bonchev–Trinajstić information content (AvgIpc) is 2.99. The number of ether oxygens (including phenoxy) is 2. The van der Waals surface area contributed by atoms with Gasteiger partial charge in [-0.15, -0.1) is 0 Å². The van der Waals surface area contributed by atoms with Crippen LogP contribution in [0.25, 0.3) is 0 Å². The number of unbranched alkanes of at least 4 members (excludes halogenated alkanes) is 1. The van der Waals surface area contributed by atoms with E-state index in [2.05, 4.69) is 9.99 Å². The van der Waals surface area contributed by atoms with Crippen LogP contribution in [0.5, 0.6) is 5.88 Å². The van der Waals surface area contributed by atoms with E-state index in [-0.39, 0.29) is 25.2 Å². The maximum absolute atomic E-state index is 12.6. The molecule has 1 heterocycles. The van der Waals surface area contributed by atoms with E-state index >= 15 is 0 Å². The number of nitrogens with zero attached hydrogens (tertiary/aromatic N) is 1. The van der Waals surface area contributed by atoms with E-state index in [1.165, 1.54) is 0 Å². The van der Waals surface area contributed by atoms with Crippen molar-refractivity contribution in [2.75, 3.05) is 13.2 Å². The van der Waals surface area contributed by atoms with Crippen molar-refractivity contribution in [3.05, 3.63) is 11.3 Å². The molecule has 0 aliphatic rings. The largest absolute Gasteiger partial charge is 0.491 e. The second-order valence-electron chi connectivity index (χ2n) is 5.54. The van der Waals surface area contributed by atoms with Gasteiger partial charge in [0.1, 0.15) is 0 Å². The van der Waals surface area contributed by atoms with E-state index in [4.69, 9.17) is 19.9 Å². The molecule has 3 N–H and O–H groups in total. The molecule has 1 unspecified atom stereocenters. The molecule has 0 fully saturated rings. The number of aromatic hydroxyl groups is 1. The average molecular weight is 372 g/mol. The summed E-state index contributed by atoms with van der Waals surface area (Å²) in [4.78, 5) is 41.1. The monoisotopic (exact) mass is 372 g/mol. The molecular formula is C16H24N2O8. The molecule has 0 bridgehead atoms. The number of aromatic nitrogens is 1. The molecule has 1 aromatic rings. The van der Waals surface area contributed by atoms with E-state index in [9.17, 15) is 19.5 Å². The zero-order valence-electron chi connectivity index (χ0n) is 15.1. The summed E-state index contributed by atoms with van der Waals surface area (Å²) >= 11 is 0. The second kappa shape index (κ2) is 9.76. The standard InChI is InChI=1S/C16H24N2O8/c1-4-7-8-24-14(21)16(5-2,15(22)25-17)9-10-11(13(20)23-6-3)26-18-12(10)19/h4-9,17H2,1-3H3,(H,18,19). The lowest BCUT2D eigenvalue weighted by molar-refractivity contribution is -0.173. The van der Waals surface area contributed by atoms with Gasteiger partial charge in [0, 0.05) is 6.42 Å². The van der Waals surface area contributed by atoms with Gasteiger partial charge in [0.2, 0.25) is 0 Å². The summed E-state index contributed by atoms with van der Waals surface area (Å²) in [7, 11) is 0. The third-order valence-corrected chi connectivity index (χ3v) is 3.93. The van der Waals surface area contributed by atoms with Gasteiger partial charge in [-0.3, -0.25) is 4.79 Å². The summed E-state index contributed by atoms with van der Waals surface area (Å²) in [5, 5.41) is 13.2. The minimum atomic E-state index is -1.87. The van der Waals surface area contributed by atoms with Crippen LogP contribution in [0.1, 0.15) is 56.2 Å². The van der Waals surface area contributed by atoms with E-state index in [1.54, 1.807) is 13.8 Å². The first-order valence-electron chi connectivity index (χ1n) is 8.30. The molecule has 146 valence electrons. The highest BCUT2D eigenvalue weighted by atomic mass is 16.7. The molecule has 0 aliphatic heterocycles. The maximum atomic E-state index is 12.6. The van der Waals surface area contributed by atoms with E-state index in [0.717, 1.165) is 6.42 Å². The van der Waals surface area contributed by atoms with Gasteiger partial charge in [0.05, 0.1) is 18.8 Å². The number of nitrogens with two attached hydrogens (primary N) is 1. The summed E-state index contributed by atoms with van der Waals surface area (Å²) in [5.41, 5.74) is -2.03. The SMILES string of the molecule is CCCCOC(=O)C(CC)(Cc1c(O)noc1C(=O)OCC)C(=O)ON. The fraction of sp³-hybridized carbons (Fsp3) is 0.625. The van der Waals surface area contributed by atoms with Crippen molar-refractivity contribution in [2.24, 2.45) is 11.3 Å². The molecule has 26 heavy (non-hydrogen) atoms. The Morgan fingerprint density at radius 3 is 2.42 bits per heavy atom. The molecular weight excluding hydrogens is 348 g/mol. The van der Waals surface area contributed by atoms with Gasteiger partial charge in [-0.2, -0.15) is 5.90 Å². The highest BCUT2D eigenvalue weighted by Gasteiger charge is 2.49. The fourth-order valence-electron chi connectivity index (χ4n) is 2.32. The van der Waals surface area contributed by atoms with Gasteiger partial charge in [-0.1, -0.05) is 20.3 Å². The van der Waals surface area contributed by atoms with Gasteiger partial charge in [-0.25, -0.2) is 9.59 Å². The summed E-state index contributed by atoms with van der Waals surface area (Å²) in [6, 6.07) is 0. The first-order chi connectivity index (χ1) is 12.4. The molecule has 0 saturated heterocycles. The number of carbonyl (C=O) groups is 3. The Hall–Kier alpha value is -2.62. The van der Waals surface area contributed by atoms with Crippen LogP contribution in [0.4, 0.5) is 0 Å². The van der Waals surface area contributed by atoms with Crippen LogP contribution >= 0.6 is 0 Å². The van der Waals surface area contributed by atoms with Crippen molar-refractivity contribution in [2.45, 2.75) is 46.5 Å². The zero-order valence-corrected chi connectivity index (χ0v) is 15.1. The normalized spacial score (nSPS) is 12.9. The van der Waals surface area contributed by atoms with E-state index in [1.807, 2.05) is 6.92 Å². The Morgan fingerprint density at radius 2 is 1.88 bits per heavy atom. The first kappa shape index (κ1) is 21.4. The van der Waals surface area contributed by atoms with Gasteiger partial charge in [0.15, 0.2) is 5.41 Å². The molecule has 1 atom stereocenters. The number of hydrogen-bond acceptors (Lipinski definition) is 10. The molecule has 0 spiro atoms. The Morgan fingerprint density at radius 1 is 1.19 bits per heavy atom. The van der Waals surface area contributed by atoms with Gasteiger partial charge >= 0.3 is 17.9 Å². The third kappa shape index (κ3) is 4.51. The number of carbonyl (C=O) groups excluding carboxylic acids is 3. The topological polar surface area (TPSA) is 151 Å². The highest BCUT2D eigenvalue weighted by molar-refractivity contribution is 6.00. The van der Waals surface area contributed by atoms with Crippen LogP contribution in [-0.4, -0.2) is 41.4 Å². The molecule has 0 amide bonds. The molecule has 10 heteroatoms. The minimum absolute atomic E-state index is 0.0547. The summed E-state index contributed by atoms with van der Waals surface area (Å²) in [6.07, 6.45) is 0.887. The molecule has 0 aromatic carbocycles. The minimum Gasteiger partial charge on any atom is -0.491 e. The quantitative estimate of drug-likeness (QED) is 0.266. The van der Waals surface area contributed by atoms with Crippen molar-refractivity contribution in [1.82, 2.24) is 5.16 Å². The van der Waals surface area contributed by atoms with E-state index < -0.39 is 41.4 Å². The zero-order chi connectivity index (χ0) is 19.7. The van der Waals surface area contributed by atoms with Gasteiger partial charge in [0.25, 0.3) is 11.6 Å². The van der Waals surface area contributed by atoms with E-state index in [0.29, 0.717) is 6.42 Å². The lowest BCUT2D eigenvalue weighted by Gasteiger charge is -2.26. The molecule has 1 aromatic heterocycles. The number of esters is 2. The lowest BCUT2D eigenvalue weighted by Crippen LogP contribution is -2.44. The van der Waals surface area contributed by atoms with Crippen molar-refractivity contribution in [3.8, 4) is 5.88 Å². The summed E-state index contributed by atoms with van der Waals surface area (Å²) in [6.45, 7) is 5.21. The van der Waals surface area contributed by atoms with Crippen LogP contribution in [-0.2, 0) is 30.3 Å². The molecule has 10 nitrogen and oxygen atoms in total. The Balaban J connectivity index is 3.26. The van der Waals surface area contributed by atoms with Crippen LogP contribution in [0.3, 0.4) is 0 Å². The molecule has 1 rings (SSSR count). The maximum Gasteiger partial charge on any atom is 0.377 e. The van der Waals surface area contributed by atoms with Crippen LogP contribution in [0.2, 0.25) is 0 Å². The fourth-order valence-corrected chi connectivity index (χ4v) is 2.32. The molecule has 0 radical (unpaired) electrons. The number of rotatable bonds is 10. The van der Waals surface area contributed by atoms with Crippen molar-refractivity contribution in [3.63, 3.8) is 0 Å². The Labute approximate surface area is 150 Å². The van der Waals surface area contributed by atoms with Crippen LogP contribution in [0.15, 0.2) is 4.52 Å². The number of hydrogen-bond donors (Lipinski definition) is 2. The van der Waals surface area contributed by atoms with Gasteiger partial charge < -0.3 is 23.9 Å². The second-order valence-corrected chi connectivity index (χ2v) is 5.54. The first-order valence-corrected chi connectivity index (χ1v) is 8.30. The Kier molecular flexibility index (Phi) is 8.04. The predicted molar refractivity (Wildman–Crippen MR) is 86.7 cm³/mol. The summed E-state index contributed by atoms with van der Waals surface area (Å²) < 4.78 is 14.8. The third-order valence-electron chi connectivity index (χ3n) is 3.93. The van der Waals surface area contributed by atoms with Gasteiger partial charge in [-0.05, 0) is 24.9 Å². The highest BCUT2D eigenvalue weighted by Crippen LogP contribution is 2.35. The van der Waals surface area contributed by atoms with Crippen molar-refractivity contribution < 1.29 is 38.3 Å². The smallest absolute Gasteiger partial charge is 0.377 e. The summed E-state index contributed by atoms with van der Waals surface area (Å²) in [5.74, 6) is 1.12. The molecule has 0 saturated carbocycles. The Bertz CT molecular complexity index is 642. The van der Waals surface area contributed by atoms with Crippen molar-refractivity contribution >= 4 is 17.9 Å². The molecule has 0 aliphatic carbocycles. The lowest BCUT2D eigenvalue weighted by atomic mass is 9.79. The van der Waals surface area contributed by atoms with Crippen LogP contribution < -0.4 is 5.90 Å². The predicted octanol–water partition coefficient (Wildman–Crippen LogP) is 1.26. The van der Waals surface area contributed by atoms with Crippen LogP contribution in [0, 0.1) is 5.41 Å².